The highest BCUT2D eigenvalue weighted by atomic mass is 35.5. The SMILES string of the molecule is O=C(NCc1ccc(N2CCCC2=O)cc1)[C@@H]1CCCN(C(=O)c2ccc(Cl)cc2)C1. The van der Waals surface area contributed by atoms with Gasteiger partial charge in [0.2, 0.25) is 11.8 Å². The van der Waals surface area contributed by atoms with Crippen LogP contribution in [0, 0.1) is 5.92 Å². The summed E-state index contributed by atoms with van der Waals surface area (Å²) in [7, 11) is 0. The van der Waals surface area contributed by atoms with E-state index in [4.69, 9.17) is 11.6 Å². The molecule has 2 aliphatic heterocycles. The van der Waals surface area contributed by atoms with Gasteiger partial charge in [0.1, 0.15) is 0 Å². The third-order valence-electron chi connectivity index (χ3n) is 5.96. The molecule has 1 atom stereocenters. The molecule has 6 nitrogen and oxygen atoms in total. The lowest BCUT2D eigenvalue weighted by Gasteiger charge is -2.32. The van der Waals surface area contributed by atoms with Crippen LogP contribution >= 0.6 is 11.6 Å². The smallest absolute Gasteiger partial charge is 0.253 e. The maximum atomic E-state index is 12.7. The van der Waals surface area contributed by atoms with Gasteiger partial charge in [0.15, 0.2) is 0 Å². The molecular formula is C24H26ClN3O3. The second kappa shape index (κ2) is 9.52. The fourth-order valence-electron chi connectivity index (χ4n) is 4.20. The predicted octanol–water partition coefficient (Wildman–Crippen LogP) is 3.64. The van der Waals surface area contributed by atoms with Crippen LogP contribution in [0.25, 0.3) is 0 Å². The maximum Gasteiger partial charge on any atom is 0.253 e. The number of nitrogens with zero attached hydrogens (tertiary/aromatic N) is 2. The number of amides is 3. The Labute approximate surface area is 187 Å². The Morgan fingerprint density at radius 2 is 1.74 bits per heavy atom. The van der Waals surface area contributed by atoms with Crippen molar-refractivity contribution in [2.45, 2.75) is 32.2 Å². The molecule has 2 heterocycles. The quantitative estimate of drug-likeness (QED) is 0.773. The first-order valence-electron chi connectivity index (χ1n) is 10.7. The first kappa shape index (κ1) is 21.4. The minimum atomic E-state index is -0.216. The van der Waals surface area contributed by atoms with Crippen molar-refractivity contribution >= 4 is 35.0 Å². The summed E-state index contributed by atoms with van der Waals surface area (Å²) < 4.78 is 0. The van der Waals surface area contributed by atoms with Crippen LogP contribution < -0.4 is 10.2 Å². The number of rotatable bonds is 5. The minimum Gasteiger partial charge on any atom is -0.352 e. The molecule has 2 fully saturated rings. The van der Waals surface area contributed by atoms with E-state index in [9.17, 15) is 14.4 Å². The number of hydrogen-bond donors (Lipinski definition) is 1. The van der Waals surface area contributed by atoms with Crippen molar-refractivity contribution in [3.63, 3.8) is 0 Å². The lowest BCUT2D eigenvalue weighted by atomic mass is 9.96. The largest absolute Gasteiger partial charge is 0.352 e. The lowest BCUT2D eigenvalue weighted by Crippen LogP contribution is -2.45. The summed E-state index contributed by atoms with van der Waals surface area (Å²) in [6, 6.07) is 14.6. The van der Waals surface area contributed by atoms with Crippen molar-refractivity contribution in [1.29, 1.82) is 0 Å². The number of carbonyl (C=O) groups excluding carboxylic acids is 3. The number of likely N-dealkylation sites (tertiary alicyclic amines) is 1. The minimum absolute atomic E-state index is 0.0348. The van der Waals surface area contributed by atoms with Gasteiger partial charge in [0, 0.05) is 48.9 Å². The number of benzene rings is 2. The molecule has 0 saturated carbocycles. The first-order chi connectivity index (χ1) is 15.0. The Kier molecular flexibility index (Phi) is 6.56. The topological polar surface area (TPSA) is 69.7 Å². The van der Waals surface area contributed by atoms with E-state index in [0.29, 0.717) is 36.6 Å². The van der Waals surface area contributed by atoms with Crippen molar-refractivity contribution in [3.8, 4) is 0 Å². The van der Waals surface area contributed by atoms with Crippen molar-refractivity contribution in [3.05, 3.63) is 64.7 Å². The second-order valence-electron chi connectivity index (χ2n) is 8.13. The molecule has 0 aliphatic carbocycles. The fourth-order valence-corrected chi connectivity index (χ4v) is 4.33. The summed E-state index contributed by atoms with van der Waals surface area (Å²) in [6.45, 7) is 2.27. The number of carbonyl (C=O) groups is 3. The van der Waals surface area contributed by atoms with Gasteiger partial charge < -0.3 is 15.1 Å². The third-order valence-corrected chi connectivity index (χ3v) is 6.21. The maximum absolute atomic E-state index is 12.7. The van der Waals surface area contributed by atoms with E-state index in [0.717, 1.165) is 37.1 Å². The van der Waals surface area contributed by atoms with E-state index in [1.807, 2.05) is 24.3 Å². The average molecular weight is 440 g/mol. The number of hydrogen-bond acceptors (Lipinski definition) is 3. The highest BCUT2D eigenvalue weighted by Gasteiger charge is 2.29. The normalized spacial score (nSPS) is 18.9. The Hall–Kier alpha value is -2.86. The van der Waals surface area contributed by atoms with Gasteiger partial charge >= 0.3 is 0 Å². The van der Waals surface area contributed by atoms with E-state index in [-0.39, 0.29) is 23.6 Å². The zero-order chi connectivity index (χ0) is 21.8. The van der Waals surface area contributed by atoms with E-state index in [1.165, 1.54) is 0 Å². The summed E-state index contributed by atoms with van der Waals surface area (Å²) in [5.74, 6) is -0.156. The molecule has 2 aliphatic rings. The number of nitrogens with one attached hydrogen (secondary N) is 1. The zero-order valence-corrected chi connectivity index (χ0v) is 18.1. The van der Waals surface area contributed by atoms with E-state index in [1.54, 1.807) is 34.1 Å². The van der Waals surface area contributed by atoms with E-state index >= 15 is 0 Å². The number of piperidine rings is 1. The van der Waals surface area contributed by atoms with Gasteiger partial charge in [-0.05, 0) is 61.2 Å². The summed E-state index contributed by atoms with van der Waals surface area (Å²) in [4.78, 5) is 40.9. The zero-order valence-electron chi connectivity index (χ0n) is 17.4. The Morgan fingerprint density at radius 3 is 2.42 bits per heavy atom. The summed E-state index contributed by atoms with van der Waals surface area (Å²) in [6.07, 6.45) is 3.08. The molecule has 31 heavy (non-hydrogen) atoms. The Balaban J connectivity index is 1.30. The molecule has 0 aromatic heterocycles. The molecule has 2 aromatic carbocycles. The number of halogens is 1. The van der Waals surface area contributed by atoms with Gasteiger partial charge in [0.05, 0.1) is 5.92 Å². The van der Waals surface area contributed by atoms with Crippen molar-refractivity contribution < 1.29 is 14.4 Å². The van der Waals surface area contributed by atoms with Crippen LogP contribution in [-0.4, -0.2) is 42.3 Å². The van der Waals surface area contributed by atoms with Crippen LogP contribution in [0.5, 0.6) is 0 Å². The van der Waals surface area contributed by atoms with Crippen LogP contribution in [0.4, 0.5) is 5.69 Å². The predicted molar refractivity (Wildman–Crippen MR) is 120 cm³/mol. The van der Waals surface area contributed by atoms with Gasteiger partial charge in [-0.2, -0.15) is 0 Å². The van der Waals surface area contributed by atoms with E-state index < -0.39 is 0 Å². The Bertz CT molecular complexity index is 959. The molecular weight excluding hydrogens is 414 g/mol. The third kappa shape index (κ3) is 5.07. The van der Waals surface area contributed by atoms with Crippen LogP contribution in [-0.2, 0) is 16.1 Å². The molecule has 0 bridgehead atoms. The summed E-state index contributed by atoms with van der Waals surface area (Å²) >= 11 is 5.90. The molecule has 3 amide bonds. The molecule has 4 rings (SSSR count). The molecule has 0 spiro atoms. The lowest BCUT2D eigenvalue weighted by molar-refractivity contribution is -0.126. The highest BCUT2D eigenvalue weighted by Crippen LogP contribution is 2.22. The fraction of sp³-hybridized carbons (Fsp3) is 0.375. The van der Waals surface area contributed by atoms with Crippen LogP contribution in [0.2, 0.25) is 5.02 Å². The first-order valence-corrected chi connectivity index (χ1v) is 11.1. The van der Waals surface area contributed by atoms with Crippen molar-refractivity contribution in [2.24, 2.45) is 5.92 Å². The average Bonchev–Trinajstić information content (AvgIpc) is 3.23. The van der Waals surface area contributed by atoms with Gasteiger partial charge in [-0.1, -0.05) is 23.7 Å². The molecule has 7 heteroatoms. The molecule has 2 aromatic rings. The molecule has 162 valence electrons. The van der Waals surface area contributed by atoms with Crippen LogP contribution in [0.1, 0.15) is 41.6 Å². The van der Waals surface area contributed by atoms with Crippen molar-refractivity contribution in [2.75, 3.05) is 24.5 Å². The Morgan fingerprint density at radius 1 is 1.00 bits per heavy atom. The number of anilines is 1. The molecule has 1 N–H and O–H groups in total. The van der Waals surface area contributed by atoms with Crippen molar-refractivity contribution in [1.82, 2.24) is 10.2 Å². The van der Waals surface area contributed by atoms with Crippen LogP contribution in [0.3, 0.4) is 0 Å². The molecule has 2 saturated heterocycles. The van der Waals surface area contributed by atoms with Gasteiger partial charge in [-0.15, -0.1) is 0 Å². The van der Waals surface area contributed by atoms with Crippen LogP contribution in [0.15, 0.2) is 48.5 Å². The van der Waals surface area contributed by atoms with E-state index in [2.05, 4.69) is 5.32 Å². The molecule has 0 unspecified atom stereocenters. The second-order valence-corrected chi connectivity index (χ2v) is 8.57. The highest BCUT2D eigenvalue weighted by molar-refractivity contribution is 6.30. The summed E-state index contributed by atoms with van der Waals surface area (Å²) in [5.41, 5.74) is 2.47. The standard InChI is InChI=1S/C24H26ClN3O3/c25-20-9-7-18(8-10-20)24(31)27-13-1-3-19(16-27)23(30)26-15-17-5-11-21(12-6-17)28-14-2-4-22(28)29/h5-12,19H,1-4,13-16H2,(H,26,30)/t19-/m1/s1. The van der Waals surface area contributed by atoms with Gasteiger partial charge in [0.25, 0.3) is 5.91 Å². The monoisotopic (exact) mass is 439 g/mol. The van der Waals surface area contributed by atoms with Gasteiger partial charge in [-0.3, -0.25) is 14.4 Å². The summed E-state index contributed by atoms with van der Waals surface area (Å²) in [5, 5.41) is 3.59. The molecule has 0 radical (unpaired) electrons. The van der Waals surface area contributed by atoms with Gasteiger partial charge in [-0.25, -0.2) is 0 Å².